The number of hydrogen-bond acceptors (Lipinski definition) is 3. The number of aliphatic hydroxyl groups is 1. The van der Waals surface area contributed by atoms with E-state index in [0.29, 0.717) is 0 Å². The zero-order valence-corrected chi connectivity index (χ0v) is 16.5. The van der Waals surface area contributed by atoms with Crippen LogP contribution in [0.5, 0.6) is 0 Å². The van der Waals surface area contributed by atoms with Crippen LogP contribution in [-0.4, -0.2) is 35.0 Å². The lowest BCUT2D eigenvalue weighted by Crippen LogP contribution is -2.52. The van der Waals surface area contributed by atoms with Crippen molar-refractivity contribution in [3.8, 4) is 0 Å². The molecule has 6 atom stereocenters. The number of aliphatic hydroxyl groups excluding tert-OH is 1. The Bertz CT molecular complexity index is 758. The van der Waals surface area contributed by atoms with Gasteiger partial charge in [-0.1, -0.05) is 50.6 Å². The van der Waals surface area contributed by atoms with E-state index < -0.39 is 11.4 Å². The summed E-state index contributed by atoms with van der Waals surface area (Å²) in [6.07, 6.45) is 9.22. The molecule has 0 saturated carbocycles. The molecular weight excluding hydrogens is 328 g/mol. The maximum Gasteiger partial charge on any atom is 0.328 e. The molecule has 0 radical (unpaired) electrons. The number of allylic oxidation sites excluding steroid dienone is 4. The SMILES string of the molecule is C/C=C(/C)[C@@H]1O[C@H]2C(CO)=C[C@@](C)(/C=C/C(=O)O)[C@H]3C(C)=C[C@]1(C)[C@@]23C. The molecule has 4 heteroatoms. The predicted molar refractivity (Wildman–Crippen MR) is 102 cm³/mol. The summed E-state index contributed by atoms with van der Waals surface area (Å²) in [6.45, 7) is 12.7. The Balaban J connectivity index is 2.24. The van der Waals surface area contributed by atoms with Crippen LogP contribution >= 0.6 is 0 Å². The molecule has 1 aliphatic heterocycles. The second-order valence-corrected chi connectivity index (χ2v) is 8.73. The van der Waals surface area contributed by atoms with Gasteiger partial charge in [-0.25, -0.2) is 4.79 Å². The third-order valence-electron chi connectivity index (χ3n) is 7.20. The summed E-state index contributed by atoms with van der Waals surface area (Å²) in [5.74, 6) is -0.837. The van der Waals surface area contributed by atoms with Crippen molar-refractivity contribution in [1.29, 1.82) is 0 Å². The first kappa shape index (κ1) is 19.1. The fourth-order valence-electron chi connectivity index (χ4n) is 6.13. The van der Waals surface area contributed by atoms with Gasteiger partial charge in [0.1, 0.15) is 0 Å². The van der Waals surface area contributed by atoms with E-state index in [4.69, 9.17) is 9.84 Å². The Morgan fingerprint density at radius 1 is 1.31 bits per heavy atom. The molecule has 2 aliphatic carbocycles. The van der Waals surface area contributed by atoms with Crippen molar-refractivity contribution in [2.75, 3.05) is 6.61 Å². The molecule has 3 rings (SSSR count). The van der Waals surface area contributed by atoms with E-state index in [1.165, 1.54) is 17.2 Å². The van der Waals surface area contributed by atoms with E-state index in [2.05, 4.69) is 46.8 Å². The molecule has 1 heterocycles. The highest BCUT2D eigenvalue weighted by Crippen LogP contribution is 2.71. The number of carbonyl (C=O) groups is 1. The first-order valence-corrected chi connectivity index (χ1v) is 9.27. The summed E-state index contributed by atoms with van der Waals surface area (Å²) in [5.41, 5.74) is 2.35. The molecule has 1 saturated heterocycles. The highest BCUT2D eigenvalue weighted by atomic mass is 16.5. The topological polar surface area (TPSA) is 66.8 Å². The normalized spacial score (nSPS) is 44.9. The van der Waals surface area contributed by atoms with Gasteiger partial charge in [-0.2, -0.15) is 0 Å². The van der Waals surface area contributed by atoms with Crippen molar-refractivity contribution in [2.45, 2.75) is 53.8 Å². The van der Waals surface area contributed by atoms with Crippen LogP contribution in [0.3, 0.4) is 0 Å². The van der Waals surface area contributed by atoms with Gasteiger partial charge in [0, 0.05) is 28.2 Å². The van der Waals surface area contributed by atoms with Crippen LogP contribution in [0.2, 0.25) is 0 Å². The lowest BCUT2D eigenvalue weighted by Gasteiger charge is -2.52. The molecule has 26 heavy (non-hydrogen) atoms. The second kappa shape index (κ2) is 5.93. The van der Waals surface area contributed by atoms with Gasteiger partial charge in [0.25, 0.3) is 0 Å². The number of aliphatic carboxylic acids is 1. The maximum absolute atomic E-state index is 11.2. The number of rotatable bonds is 4. The minimum Gasteiger partial charge on any atom is -0.478 e. The fraction of sp³-hybridized carbons (Fsp3) is 0.591. The van der Waals surface area contributed by atoms with Gasteiger partial charge in [-0.15, -0.1) is 0 Å². The molecule has 1 fully saturated rings. The Morgan fingerprint density at radius 3 is 2.50 bits per heavy atom. The van der Waals surface area contributed by atoms with Gasteiger partial charge in [-0.05, 0) is 31.9 Å². The molecule has 0 aromatic rings. The molecule has 0 spiro atoms. The molecule has 3 aliphatic rings. The van der Waals surface area contributed by atoms with E-state index >= 15 is 0 Å². The average molecular weight is 358 g/mol. The minimum atomic E-state index is -0.954. The third kappa shape index (κ3) is 2.25. The van der Waals surface area contributed by atoms with Gasteiger partial charge in [0.15, 0.2) is 0 Å². The molecule has 0 aromatic heterocycles. The predicted octanol–water partition coefficient (Wildman–Crippen LogP) is 3.89. The first-order chi connectivity index (χ1) is 12.0. The van der Waals surface area contributed by atoms with Crippen molar-refractivity contribution < 1.29 is 19.7 Å². The van der Waals surface area contributed by atoms with Crippen LogP contribution in [0.1, 0.15) is 41.5 Å². The lowest BCUT2D eigenvalue weighted by molar-refractivity contribution is -0.131. The summed E-state index contributed by atoms with van der Waals surface area (Å²) in [4.78, 5) is 11.2. The van der Waals surface area contributed by atoms with Gasteiger partial charge in [0.05, 0.1) is 18.8 Å². The van der Waals surface area contributed by atoms with Crippen LogP contribution in [0.4, 0.5) is 0 Å². The Labute approximate surface area is 155 Å². The number of ether oxygens (including phenoxy) is 1. The lowest BCUT2D eigenvalue weighted by atomic mass is 9.50. The summed E-state index contributed by atoms with van der Waals surface area (Å²) in [6, 6.07) is 0. The van der Waals surface area contributed by atoms with E-state index in [1.54, 1.807) is 6.08 Å². The van der Waals surface area contributed by atoms with Gasteiger partial charge < -0.3 is 14.9 Å². The Kier molecular flexibility index (Phi) is 4.36. The molecule has 0 aromatic carbocycles. The molecule has 0 amide bonds. The molecule has 0 unspecified atom stereocenters. The summed E-state index contributed by atoms with van der Waals surface area (Å²) >= 11 is 0. The second-order valence-electron chi connectivity index (χ2n) is 8.73. The molecule has 2 N–H and O–H groups in total. The van der Waals surface area contributed by atoms with Crippen LogP contribution in [-0.2, 0) is 9.53 Å². The number of hydrogen-bond donors (Lipinski definition) is 2. The van der Waals surface area contributed by atoms with Crippen molar-refractivity contribution in [3.05, 3.63) is 47.1 Å². The average Bonchev–Trinajstić information content (AvgIpc) is 2.92. The largest absolute Gasteiger partial charge is 0.478 e. The number of carboxylic acid groups (broad SMARTS) is 1. The first-order valence-electron chi connectivity index (χ1n) is 9.27. The fourth-order valence-corrected chi connectivity index (χ4v) is 6.13. The zero-order valence-electron chi connectivity index (χ0n) is 16.5. The minimum absolute atomic E-state index is 0.0526. The molecule has 0 bridgehead atoms. The standard InChI is InChI=1S/C22H30O4/c1-7-13(2)18-21(5)10-14(3)17-20(4,9-8-16(24)25)11-15(12-23)19(26-18)22(17,21)6/h7-11,17-19,23H,12H2,1-6H3,(H,24,25)/b9-8+,13-7-/t17-,18+,19+,20-,21+,22-/m1/s1. The maximum atomic E-state index is 11.2. The third-order valence-corrected chi connectivity index (χ3v) is 7.20. The van der Waals surface area contributed by atoms with Crippen LogP contribution < -0.4 is 0 Å². The quantitative estimate of drug-likeness (QED) is 0.591. The summed E-state index contributed by atoms with van der Waals surface area (Å²) < 4.78 is 6.55. The molecule has 4 nitrogen and oxygen atoms in total. The van der Waals surface area contributed by atoms with Crippen molar-refractivity contribution in [3.63, 3.8) is 0 Å². The summed E-state index contributed by atoms with van der Waals surface area (Å²) in [5, 5.41) is 19.2. The molecular formula is C22H30O4. The highest BCUT2D eigenvalue weighted by Gasteiger charge is 2.71. The van der Waals surface area contributed by atoms with Crippen molar-refractivity contribution >= 4 is 5.97 Å². The summed E-state index contributed by atoms with van der Waals surface area (Å²) in [7, 11) is 0. The Hall–Kier alpha value is -1.65. The van der Waals surface area contributed by atoms with Crippen LogP contribution in [0.25, 0.3) is 0 Å². The van der Waals surface area contributed by atoms with Crippen molar-refractivity contribution in [1.82, 2.24) is 0 Å². The van der Waals surface area contributed by atoms with E-state index in [0.717, 1.165) is 5.57 Å². The monoisotopic (exact) mass is 358 g/mol. The molecule has 142 valence electrons. The van der Waals surface area contributed by atoms with Gasteiger partial charge in [0.2, 0.25) is 0 Å². The van der Waals surface area contributed by atoms with Crippen LogP contribution in [0, 0.1) is 22.2 Å². The van der Waals surface area contributed by atoms with Crippen LogP contribution in [0.15, 0.2) is 47.1 Å². The van der Waals surface area contributed by atoms with E-state index in [1.807, 2.05) is 13.0 Å². The zero-order chi connectivity index (χ0) is 19.5. The highest BCUT2D eigenvalue weighted by molar-refractivity contribution is 5.80. The number of carboxylic acids is 1. The van der Waals surface area contributed by atoms with Crippen molar-refractivity contribution in [2.24, 2.45) is 22.2 Å². The van der Waals surface area contributed by atoms with Gasteiger partial charge in [-0.3, -0.25) is 0 Å². The Morgan fingerprint density at radius 2 is 1.96 bits per heavy atom. The van der Waals surface area contributed by atoms with E-state index in [9.17, 15) is 9.90 Å². The van der Waals surface area contributed by atoms with Gasteiger partial charge >= 0.3 is 5.97 Å². The van der Waals surface area contributed by atoms with E-state index in [-0.39, 0.29) is 35.6 Å². The smallest absolute Gasteiger partial charge is 0.328 e.